The molecule has 0 saturated carbocycles. The molecule has 36 heavy (non-hydrogen) atoms. The van der Waals surface area contributed by atoms with Gasteiger partial charge in [-0.3, -0.25) is 19.1 Å². The molecule has 0 aliphatic carbocycles. The van der Waals surface area contributed by atoms with Crippen molar-refractivity contribution < 1.29 is 14.4 Å². The maximum Gasteiger partial charge on any atom is 0.274 e. The molecule has 1 aromatic heterocycles. The Kier molecular flexibility index (Phi) is 6.59. The molecular weight excluding hydrogens is 454 g/mol. The first-order valence-corrected chi connectivity index (χ1v) is 12.5. The number of fused-ring (bicyclic) bond motifs is 1. The van der Waals surface area contributed by atoms with Crippen molar-refractivity contribution in [3.8, 4) is 0 Å². The van der Waals surface area contributed by atoms with Crippen molar-refractivity contribution in [1.29, 1.82) is 0 Å². The van der Waals surface area contributed by atoms with Gasteiger partial charge < -0.3 is 15.1 Å². The lowest BCUT2D eigenvalue weighted by Crippen LogP contribution is -2.44. The number of hydrogen-bond acceptors (Lipinski definition) is 4. The molecule has 2 aliphatic heterocycles. The van der Waals surface area contributed by atoms with Crippen LogP contribution < -0.4 is 5.32 Å². The number of benzene rings is 2. The highest BCUT2D eigenvalue weighted by Crippen LogP contribution is 2.27. The Bertz CT molecular complexity index is 1280. The van der Waals surface area contributed by atoms with E-state index < -0.39 is 0 Å². The standard InChI is InChI=1S/C28H31N5O3/c1-19-10-12-20(13-11-19)27(35)33-16-14-24-23(18-33)25(30-31(24)2)28(36)32-15-6-7-21(17-32)26(34)29-22-8-4-3-5-9-22/h3-5,8-13,21H,6-7,14-18H2,1-2H3,(H,29,34)/t21-/m1/s1. The van der Waals surface area contributed by atoms with Crippen molar-refractivity contribution in [2.45, 2.75) is 32.7 Å². The van der Waals surface area contributed by atoms with E-state index in [1.807, 2.05) is 68.6 Å². The summed E-state index contributed by atoms with van der Waals surface area (Å²) in [5, 5.41) is 7.53. The Labute approximate surface area is 210 Å². The Morgan fingerprint density at radius 2 is 1.69 bits per heavy atom. The number of piperidine rings is 1. The van der Waals surface area contributed by atoms with Crippen molar-refractivity contribution in [2.24, 2.45) is 13.0 Å². The van der Waals surface area contributed by atoms with Gasteiger partial charge >= 0.3 is 0 Å². The van der Waals surface area contributed by atoms with Crippen LogP contribution in [0, 0.1) is 12.8 Å². The third-order valence-electron chi connectivity index (χ3n) is 7.15. The van der Waals surface area contributed by atoms with Crippen LogP contribution in [0.1, 0.15) is 50.5 Å². The number of carbonyl (C=O) groups is 3. The number of aryl methyl sites for hydroxylation is 2. The van der Waals surface area contributed by atoms with Crippen LogP contribution in [0.15, 0.2) is 54.6 Å². The van der Waals surface area contributed by atoms with Crippen LogP contribution in [0.3, 0.4) is 0 Å². The van der Waals surface area contributed by atoms with E-state index in [0.29, 0.717) is 43.9 Å². The van der Waals surface area contributed by atoms with Gasteiger partial charge in [0.1, 0.15) is 0 Å². The third-order valence-corrected chi connectivity index (χ3v) is 7.15. The minimum absolute atomic E-state index is 0.0430. The second-order valence-corrected chi connectivity index (χ2v) is 9.69. The topological polar surface area (TPSA) is 87.5 Å². The van der Waals surface area contributed by atoms with Crippen molar-refractivity contribution in [2.75, 3.05) is 25.0 Å². The minimum atomic E-state index is -0.276. The van der Waals surface area contributed by atoms with Gasteiger partial charge in [-0.25, -0.2) is 0 Å². The van der Waals surface area contributed by atoms with Gasteiger partial charge in [-0.05, 0) is 44.0 Å². The fourth-order valence-electron chi connectivity index (χ4n) is 5.11. The van der Waals surface area contributed by atoms with E-state index in [0.717, 1.165) is 35.3 Å². The molecule has 1 saturated heterocycles. The SMILES string of the molecule is Cc1ccc(C(=O)N2CCc3c(c(C(=O)N4CCC[C@@H](C(=O)Nc5ccccc5)C4)nn3C)C2)cc1. The van der Waals surface area contributed by atoms with Crippen molar-refractivity contribution in [1.82, 2.24) is 19.6 Å². The van der Waals surface area contributed by atoms with Crippen molar-refractivity contribution in [3.05, 3.63) is 82.7 Å². The number of para-hydroxylation sites is 1. The second kappa shape index (κ2) is 9.97. The van der Waals surface area contributed by atoms with Gasteiger partial charge in [0, 0.05) is 55.6 Å². The lowest BCUT2D eigenvalue weighted by molar-refractivity contribution is -0.121. The third kappa shape index (κ3) is 4.76. The highest BCUT2D eigenvalue weighted by atomic mass is 16.2. The second-order valence-electron chi connectivity index (χ2n) is 9.69. The summed E-state index contributed by atoms with van der Waals surface area (Å²) in [6.45, 7) is 3.87. The first-order valence-electron chi connectivity index (χ1n) is 12.5. The molecule has 2 aromatic carbocycles. The summed E-state index contributed by atoms with van der Waals surface area (Å²) in [5.41, 5.74) is 4.68. The summed E-state index contributed by atoms with van der Waals surface area (Å²) >= 11 is 0. The molecule has 0 bridgehead atoms. The average molecular weight is 486 g/mol. The van der Waals surface area contributed by atoms with Crippen LogP contribution in [0.5, 0.6) is 0 Å². The first kappa shape index (κ1) is 23.8. The zero-order chi connectivity index (χ0) is 25.2. The Morgan fingerprint density at radius 3 is 2.44 bits per heavy atom. The van der Waals surface area contributed by atoms with Crippen LogP contribution in [0.25, 0.3) is 0 Å². The summed E-state index contributed by atoms with van der Waals surface area (Å²) in [4.78, 5) is 43.1. The van der Waals surface area contributed by atoms with Crippen LogP contribution in [-0.4, -0.2) is 56.9 Å². The molecule has 2 aliphatic rings. The number of aromatic nitrogens is 2. The summed E-state index contributed by atoms with van der Waals surface area (Å²) in [6.07, 6.45) is 2.14. The molecule has 0 spiro atoms. The maximum absolute atomic E-state index is 13.6. The van der Waals surface area contributed by atoms with E-state index in [1.165, 1.54) is 0 Å². The predicted molar refractivity (Wildman–Crippen MR) is 137 cm³/mol. The fraction of sp³-hybridized carbons (Fsp3) is 0.357. The van der Waals surface area contributed by atoms with Gasteiger partial charge in [0.05, 0.1) is 12.5 Å². The van der Waals surface area contributed by atoms with E-state index >= 15 is 0 Å². The highest BCUT2D eigenvalue weighted by Gasteiger charge is 2.34. The van der Waals surface area contributed by atoms with E-state index in [1.54, 1.807) is 14.5 Å². The van der Waals surface area contributed by atoms with Crippen molar-refractivity contribution in [3.63, 3.8) is 0 Å². The fourth-order valence-corrected chi connectivity index (χ4v) is 5.11. The number of amides is 3. The van der Waals surface area contributed by atoms with E-state index in [2.05, 4.69) is 10.4 Å². The monoisotopic (exact) mass is 485 g/mol. The van der Waals surface area contributed by atoms with Gasteiger partial charge in [-0.2, -0.15) is 5.10 Å². The number of hydrogen-bond donors (Lipinski definition) is 1. The summed E-state index contributed by atoms with van der Waals surface area (Å²) < 4.78 is 1.76. The molecule has 8 heteroatoms. The van der Waals surface area contributed by atoms with E-state index in [4.69, 9.17) is 0 Å². The minimum Gasteiger partial charge on any atom is -0.336 e. The number of rotatable bonds is 4. The number of carbonyl (C=O) groups excluding carboxylic acids is 3. The first-order chi connectivity index (χ1) is 17.4. The zero-order valence-corrected chi connectivity index (χ0v) is 20.7. The molecule has 1 N–H and O–H groups in total. The average Bonchev–Trinajstić information content (AvgIpc) is 3.24. The van der Waals surface area contributed by atoms with Gasteiger partial charge in [0.2, 0.25) is 5.91 Å². The number of nitrogens with zero attached hydrogens (tertiary/aromatic N) is 4. The zero-order valence-electron chi connectivity index (χ0n) is 20.7. The number of nitrogens with one attached hydrogen (secondary N) is 1. The largest absolute Gasteiger partial charge is 0.336 e. The molecule has 8 nitrogen and oxygen atoms in total. The smallest absolute Gasteiger partial charge is 0.274 e. The maximum atomic E-state index is 13.6. The molecule has 186 valence electrons. The van der Waals surface area contributed by atoms with Crippen LogP contribution in [0.2, 0.25) is 0 Å². The van der Waals surface area contributed by atoms with Gasteiger partial charge in [0.25, 0.3) is 11.8 Å². The highest BCUT2D eigenvalue weighted by molar-refractivity contribution is 5.97. The Morgan fingerprint density at radius 1 is 0.944 bits per heavy atom. The molecule has 0 unspecified atom stereocenters. The quantitative estimate of drug-likeness (QED) is 0.614. The Balaban J connectivity index is 1.31. The van der Waals surface area contributed by atoms with E-state index in [9.17, 15) is 14.4 Å². The Hall–Kier alpha value is -3.94. The molecule has 3 heterocycles. The molecule has 1 fully saturated rings. The molecule has 5 rings (SSSR count). The molecule has 1 atom stereocenters. The summed E-state index contributed by atoms with van der Waals surface area (Å²) in [5.74, 6) is -0.564. The lowest BCUT2D eigenvalue weighted by Gasteiger charge is -2.32. The van der Waals surface area contributed by atoms with E-state index in [-0.39, 0.29) is 23.6 Å². The summed E-state index contributed by atoms with van der Waals surface area (Å²) in [6, 6.07) is 16.9. The van der Waals surface area contributed by atoms with Gasteiger partial charge in [-0.1, -0.05) is 35.9 Å². The molecule has 0 radical (unpaired) electrons. The van der Waals surface area contributed by atoms with Crippen molar-refractivity contribution >= 4 is 23.4 Å². The van der Waals surface area contributed by atoms with Crippen LogP contribution in [0.4, 0.5) is 5.69 Å². The number of likely N-dealkylation sites (tertiary alicyclic amines) is 1. The molecular formula is C28H31N5O3. The summed E-state index contributed by atoms with van der Waals surface area (Å²) in [7, 11) is 1.85. The molecule has 3 amide bonds. The van der Waals surface area contributed by atoms with Gasteiger partial charge in [0.15, 0.2) is 5.69 Å². The molecule has 3 aromatic rings. The van der Waals surface area contributed by atoms with Crippen LogP contribution in [-0.2, 0) is 24.8 Å². The number of anilines is 1. The normalized spacial score (nSPS) is 17.4. The van der Waals surface area contributed by atoms with Crippen LogP contribution >= 0.6 is 0 Å². The lowest BCUT2D eigenvalue weighted by atomic mass is 9.96. The predicted octanol–water partition coefficient (Wildman–Crippen LogP) is 3.42. The van der Waals surface area contributed by atoms with Gasteiger partial charge in [-0.15, -0.1) is 0 Å².